The maximum absolute atomic E-state index is 12.4. The molecular weight excluding hydrogens is 336 g/mol. The molecule has 138 valence electrons. The standard InChI is InChI=1S/C22H24N4O/c1-16-10-11-20(17(2)13-16)26-21(27)19-14-24-22(25-15-19)23-12-6-9-18-7-4-3-5-8-18/h3-5,7-8,10-11,13-15H,6,9,12H2,1-2H3,(H,26,27)(H,23,24,25). The number of nitrogens with zero attached hydrogens (tertiary/aromatic N) is 2. The molecule has 0 spiro atoms. The van der Waals surface area contributed by atoms with Crippen molar-refractivity contribution in [3.8, 4) is 0 Å². The van der Waals surface area contributed by atoms with E-state index < -0.39 is 0 Å². The number of hydrogen-bond donors (Lipinski definition) is 2. The van der Waals surface area contributed by atoms with Crippen LogP contribution >= 0.6 is 0 Å². The Morgan fingerprint density at radius 3 is 2.44 bits per heavy atom. The number of aryl methyl sites for hydroxylation is 3. The van der Waals surface area contributed by atoms with Gasteiger partial charge >= 0.3 is 0 Å². The molecule has 0 aliphatic heterocycles. The Hall–Kier alpha value is -3.21. The van der Waals surface area contributed by atoms with Crippen LogP contribution < -0.4 is 10.6 Å². The van der Waals surface area contributed by atoms with Gasteiger partial charge in [-0.25, -0.2) is 9.97 Å². The summed E-state index contributed by atoms with van der Waals surface area (Å²) in [5.41, 5.74) is 4.75. The smallest absolute Gasteiger partial charge is 0.258 e. The van der Waals surface area contributed by atoms with E-state index in [0.717, 1.165) is 36.2 Å². The molecule has 0 saturated carbocycles. The van der Waals surface area contributed by atoms with Crippen molar-refractivity contribution in [2.45, 2.75) is 26.7 Å². The summed E-state index contributed by atoms with van der Waals surface area (Å²) < 4.78 is 0. The molecule has 0 atom stereocenters. The zero-order valence-corrected chi connectivity index (χ0v) is 15.7. The van der Waals surface area contributed by atoms with E-state index >= 15 is 0 Å². The molecule has 0 unspecified atom stereocenters. The van der Waals surface area contributed by atoms with Crippen LogP contribution in [0.2, 0.25) is 0 Å². The van der Waals surface area contributed by atoms with E-state index in [1.807, 2.05) is 50.2 Å². The van der Waals surface area contributed by atoms with E-state index in [0.29, 0.717) is 11.5 Å². The molecule has 0 bridgehead atoms. The number of carbonyl (C=O) groups excluding carboxylic acids is 1. The third kappa shape index (κ3) is 5.38. The van der Waals surface area contributed by atoms with E-state index in [-0.39, 0.29) is 5.91 Å². The van der Waals surface area contributed by atoms with E-state index in [1.54, 1.807) is 12.4 Å². The number of aromatic nitrogens is 2. The van der Waals surface area contributed by atoms with Gasteiger partial charge in [0, 0.05) is 24.6 Å². The van der Waals surface area contributed by atoms with Crippen molar-refractivity contribution < 1.29 is 4.79 Å². The molecule has 2 N–H and O–H groups in total. The van der Waals surface area contributed by atoms with Gasteiger partial charge in [-0.1, -0.05) is 48.0 Å². The van der Waals surface area contributed by atoms with Crippen molar-refractivity contribution in [2.75, 3.05) is 17.2 Å². The summed E-state index contributed by atoms with van der Waals surface area (Å²) in [6.45, 7) is 4.78. The van der Waals surface area contributed by atoms with Gasteiger partial charge in [0.05, 0.1) is 5.56 Å². The number of rotatable bonds is 7. The van der Waals surface area contributed by atoms with Crippen LogP contribution in [0.4, 0.5) is 11.6 Å². The highest BCUT2D eigenvalue weighted by atomic mass is 16.1. The predicted octanol–water partition coefficient (Wildman–Crippen LogP) is 4.39. The van der Waals surface area contributed by atoms with E-state index in [1.165, 1.54) is 5.56 Å². The lowest BCUT2D eigenvalue weighted by atomic mass is 10.1. The normalized spacial score (nSPS) is 10.4. The van der Waals surface area contributed by atoms with Gasteiger partial charge in [0.15, 0.2) is 0 Å². The maximum Gasteiger partial charge on any atom is 0.258 e. The first-order valence-corrected chi connectivity index (χ1v) is 9.10. The average molecular weight is 360 g/mol. The molecule has 0 aliphatic carbocycles. The van der Waals surface area contributed by atoms with Gasteiger partial charge in [-0.15, -0.1) is 0 Å². The average Bonchev–Trinajstić information content (AvgIpc) is 2.69. The van der Waals surface area contributed by atoms with E-state index in [2.05, 4.69) is 32.7 Å². The van der Waals surface area contributed by atoms with Gasteiger partial charge in [0.1, 0.15) is 0 Å². The Bertz CT molecular complexity index is 892. The van der Waals surface area contributed by atoms with Crippen LogP contribution in [0.5, 0.6) is 0 Å². The molecular formula is C22H24N4O. The first-order valence-electron chi connectivity index (χ1n) is 9.10. The van der Waals surface area contributed by atoms with Gasteiger partial charge in [-0.2, -0.15) is 0 Å². The fourth-order valence-corrected chi connectivity index (χ4v) is 2.82. The van der Waals surface area contributed by atoms with Crippen LogP contribution in [0.1, 0.15) is 33.5 Å². The quantitative estimate of drug-likeness (QED) is 0.613. The monoisotopic (exact) mass is 360 g/mol. The maximum atomic E-state index is 12.4. The second-order valence-corrected chi connectivity index (χ2v) is 6.58. The molecule has 5 heteroatoms. The van der Waals surface area contributed by atoms with Gasteiger partial charge in [0.25, 0.3) is 5.91 Å². The summed E-state index contributed by atoms with van der Waals surface area (Å²) in [5, 5.41) is 6.10. The minimum atomic E-state index is -0.211. The summed E-state index contributed by atoms with van der Waals surface area (Å²) >= 11 is 0. The lowest BCUT2D eigenvalue weighted by Gasteiger charge is -2.09. The zero-order valence-electron chi connectivity index (χ0n) is 15.7. The minimum Gasteiger partial charge on any atom is -0.354 e. The summed E-state index contributed by atoms with van der Waals surface area (Å²) in [5.74, 6) is 0.323. The predicted molar refractivity (Wildman–Crippen MR) is 109 cm³/mol. The molecule has 1 amide bonds. The number of benzene rings is 2. The number of hydrogen-bond acceptors (Lipinski definition) is 4. The summed E-state index contributed by atoms with van der Waals surface area (Å²) in [4.78, 5) is 20.8. The van der Waals surface area contributed by atoms with Crippen molar-refractivity contribution in [2.24, 2.45) is 0 Å². The first kappa shape index (κ1) is 18.6. The molecule has 3 rings (SSSR count). The molecule has 2 aromatic carbocycles. The minimum absolute atomic E-state index is 0.211. The molecule has 1 aromatic heterocycles. The van der Waals surface area contributed by atoms with Gasteiger partial charge in [-0.3, -0.25) is 4.79 Å². The van der Waals surface area contributed by atoms with Crippen molar-refractivity contribution in [3.05, 3.63) is 83.2 Å². The van der Waals surface area contributed by atoms with Crippen LogP contribution in [0.25, 0.3) is 0 Å². The van der Waals surface area contributed by atoms with E-state index in [4.69, 9.17) is 0 Å². The van der Waals surface area contributed by atoms with Crippen LogP contribution in [0.3, 0.4) is 0 Å². The van der Waals surface area contributed by atoms with Crippen molar-refractivity contribution >= 4 is 17.5 Å². The molecule has 0 fully saturated rings. The molecule has 27 heavy (non-hydrogen) atoms. The van der Waals surface area contributed by atoms with Gasteiger partial charge in [-0.05, 0) is 43.9 Å². The Morgan fingerprint density at radius 2 is 1.74 bits per heavy atom. The van der Waals surface area contributed by atoms with E-state index in [9.17, 15) is 4.79 Å². The SMILES string of the molecule is Cc1ccc(NC(=O)c2cnc(NCCCc3ccccc3)nc2)c(C)c1. The first-order chi connectivity index (χ1) is 13.1. The number of amides is 1. The zero-order chi connectivity index (χ0) is 19.1. The Kier molecular flexibility index (Phi) is 6.15. The third-order valence-electron chi connectivity index (χ3n) is 4.31. The van der Waals surface area contributed by atoms with Crippen LogP contribution in [-0.4, -0.2) is 22.4 Å². The number of carbonyl (C=O) groups is 1. The van der Waals surface area contributed by atoms with Crippen LogP contribution in [0.15, 0.2) is 60.9 Å². The Balaban J connectivity index is 1.49. The molecule has 0 radical (unpaired) electrons. The summed E-state index contributed by atoms with van der Waals surface area (Å²) in [6, 6.07) is 16.3. The fourth-order valence-electron chi connectivity index (χ4n) is 2.82. The summed E-state index contributed by atoms with van der Waals surface area (Å²) in [6.07, 6.45) is 5.09. The second kappa shape index (κ2) is 8.94. The highest BCUT2D eigenvalue weighted by Gasteiger charge is 2.09. The third-order valence-corrected chi connectivity index (χ3v) is 4.31. The van der Waals surface area contributed by atoms with Crippen LogP contribution in [0, 0.1) is 13.8 Å². The summed E-state index contributed by atoms with van der Waals surface area (Å²) in [7, 11) is 0. The lowest BCUT2D eigenvalue weighted by molar-refractivity contribution is 0.102. The highest BCUT2D eigenvalue weighted by molar-refractivity contribution is 6.04. The Morgan fingerprint density at radius 1 is 1.00 bits per heavy atom. The molecule has 3 aromatic rings. The molecule has 1 heterocycles. The largest absolute Gasteiger partial charge is 0.354 e. The van der Waals surface area contributed by atoms with Crippen molar-refractivity contribution in [3.63, 3.8) is 0 Å². The molecule has 0 saturated heterocycles. The molecule has 5 nitrogen and oxygen atoms in total. The topological polar surface area (TPSA) is 66.9 Å². The second-order valence-electron chi connectivity index (χ2n) is 6.58. The lowest BCUT2D eigenvalue weighted by Crippen LogP contribution is -2.14. The number of nitrogens with one attached hydrogen (secondary N) is 2. The van der Waals surface area contributed by atoms with Gasteiger partial charge < -0.3 is 10.6 Å². The highest BCUT2D eigenvalue weighted by Crippen LogP contribution is 2.17. The van der Waals surface area contributed by atoms with Gasteiger partial charge in [0.2, 0.25) is 5.95 Å². The Labute approximate surface area is 159 Å². The van der Waals surface area contributed by atoms with Crippen molar-refractivity contribution in [1.29, 1.82) is 0 Å². The fraction of sp³-hybridized carbons (Fsp3) is 0.227. The molecule has 0 aliphatic rings. The number of anilines is 2. The van der Waals surface area contributed by atoms with Crippen LogP contribution in [-0.2, 0) is 6.42 Å². The van der Waals surface area contributed by atoms with Crippen molar-refractivity contribution in [1.82, 2.24) is 9.97 Å².